The fraction of sp³-hybridized carbons (Fsp3) is 0.294. The first kappa shape index (κ1) is 18.5. The zero-order valence-corrected chi connectivity index (χ0v) is 14.9. The average Bonchev–Trinajstić information content (AvgIpc) is 2.85. The van der Waals surface area contributed by atoms with Crippen LogP contribution in [-0.4, -0.2) is 33.4 Å². The number of phosphoric acid groups is 1. The summed E-state index contributed by atoms with van der Waals surface area (Å²) in [6.07, 6.45) is 7.46. The minimum absolute atomic E-state index is 0.0490. The third-order valence-corrected chi connectivity index (χ3v) is 5.08. The lowest BCUT2D eigenvalue weighted by atomic mass is 9.70. The van der Waals surface area contributed by atoms with E-state index in [0.717, 1.165) is 0 Å². The Morgan fingerprint density at radius 3 is 2.46 bits per heavy atom. The number of hydrogen-bond donors (Lipinski definition) is 3. The average molecular weight is 378 g/mol. The highest BCUT2D eigenvalue weighted by Gasteiger charge is 2.57. The van der Waals surface area contributed by atoms with Crippen molar-refractivity contribution in [3.05, 3.63) is 60.2 Å². The van der Waals surface area contributed by atoms with Crippen molar-refractivity contribution >= 4 is 19.8 Å². The minimum Gasteiger partial charge on any atom is -0.319 e. The summed E-state index contributed by atoms with van der Waals surface area (Å²) in [6.45, 7) is 1.10. The van der Waals surface area contributed by atoms with Crippen molar-refractivity contribution in [1.82, 2.24) is 10.2 Å². The van der Waals surface area contributed by atoms with Crippen molar-refractivity contribution in [2.24, 2.45) is 11.8 Å². The number of nitrogens with zero attached hydrogens (tertiary/aromatic N) is 1. The normalized spacial score (nSPS) is 28.5. The second kappa shape index (κ2) is 6.81. The standard InChI is InChI=1S/C17H19N2O6P/c1-12-7-5-6-10-14(12)17(13-8-3-2-4-9-13)15(20)19(16(21)18-17)11-25-26(22,23)24/h2-10,12,14H,11H2,1H3,(H,18,21)(H2,22,23,24). The van der Waals surface area contributed by atoms with Gasteiger partial charge in [-0.1, -0.05) is 61.6 Å². The first-order valence-corrected chi connectivity index (χ1v) is 9.53. The van der Waals surface area contributed by atoms with Gasteiger partial charge in [0, 0.05) is 5.92 Å². The van der Waals surface area contributed by atoms with Crippen LogP contribution in [0.25, 0.3) is 0 Å². The number of carbonyl (C=O) groups excluding carboxylic acids is 2. The fourth-order valence-electron chi connectivity index (χ4n) is 3.42. The molecule has 9 heteroatoms. The molecule has 2 aliphatic rings. The minimum atomic E-state index is -4.83. The van der Waals surface area contributed by atoms with Gasteiger partial charge in [0.1, 0.15) is 6.73 Å². The van der Waals surface area contributed by atoms with E-state index in [0.29, 0.717) is 10.5 Å². The number of hydrogen-bond acceptors (Lipinski definition) is 4. The van der Waals surface area contributed by atoms with Gasteiger partial charge in [-0.25, -0.2) is 14.3 Å². The molecule has 0 bridgehead atoms. The molecule has 0 radical (unpaired) electrons. The molecule has 8 nitrogen and oxygen atoms in total. The van der Waals surface area contributed by atoms with Gasteiger partial charge in [0.25, 0.3) is 5.91 Å². The predicted octanol–water partition coefficient (Wildman–Crippen LogP) is 1.88. The van der Waals surface area contributed by atoms with E-state index in [-0.39, 0.29) is 11.8 Å². The van der Waals surface area contributed by atoms with E-state index in [4.69, 9.17) is 9.79 Å². The number of benzene rings is 1. The summed E-state index contributed by atoms with van der Waals surface area (Å²) in [5, 5.41) is 2.74. The van der Waals surface area contributed by atoms with E-state index in [1.165, 1.54) is 0 Å². The predicted molar refractivity (Wildman–Crippen MR) is 92.4 cm³/mol. The maximum Gasteiger partial charge on any atom is 0.471 e. The Labute approximate surface area is 150 Å². The van der Waals surface area contributed by atoms with Gasteiger partial charge in [-0.05, 0) is 11.5 Å². The molecule has 26 heavy (non-hydrogen) atoms. The quantitative estimate of drug-likeness (QED) is 0.532. The highest BCUT2D eigenvalue weighted by molar-refractivity contribution is 7.46. The van der Waals surface area contributed by atoms with Gasteiger partial charge in [0.05, 0.1) is 0 Å². The summed E-state index contributed by atoms with van der Waals surface area (Å²) in [6, 6.07) is 8.04. The number of phosphoric ester groups is 1. The SMILES string of the molecule is CC1C=CC=CC1C1(c2ccccc2)NC(=O)N(COP(=O)(O)O)C1=O. The number of urea groups is 1. The lowest BCUT2D eigenvalue weighted by molar-refractivity contribution is -0.135. The lowest BCUT2D eigenvalue weighted by Crippen LogP contribution is -2.52. The molecular weight excluding hydrogens is 359 g/mol. The zero-order chi connectivity index (χ0) is 18.9. The van der Waals surface area contributed by atoms with Crippen LogP contribution in [0, 0.1) is 11.8 Å². The number of rotatable bonds is 5. The summed E-state index contributed by atoms with van der Waals surface area (Å²) >= 11 is 0. The number of carbonyl (C=O) groups is 2. The molecule has 3 amide bonds. The maximum atomic E-state index is 13.3. The van der Waals surface area contributed by atoms with E-state index < -0.39 is 32.0 Å². The smallest absolute Gasteiger partial charge is 0.319 e. The first-order chi connectivity index (χ1) is 12.3. The third-order valence-electron chi connectivity index (χ3n) is 4.63. The van der Waals surface area contributed by atoms with Crippen molar-refractivity contribution in [1.29, 1.82) is 0 Å². The second-order valence-electron chi connectivity index (χ2n) is 6.24. The van der Waals surface area contributed by atoms with Crippen molar-refractivity contribution in [2.75, 3.05) is 6.73 Å². The Hall–Kier alpha value is -2.25. The fourth-order valence-corrected chi connectivity index (χ4v) is 3.68. The van der Waals surface area contributed by atoms with Crippen molar-refractivity contribution in [3.8, 4) is 0 Å². The number of nitrogens with one attached hydrogen (secondary N) is 1. The Kier molecular flexibility index (Phi) is 4.86. The van der Waals surface area contributed by atoms with Gasteiger partial charge >= 0.3 is 13.9 Å². The van der Waals surface area contributed by atoms with Crippen LogP contribution in [0.1, 0.15) is 12.5 Å². The van der Waals surface area contributed by atoms with Crippen LogP contribution >= 0.6 is 7.82 Å². The van der Waals surface area contributed by atoms with Crippen molar-refractivity contribution in [3.63, 3.8) is 0 Å². The molecule has 0 spiro atoms. The van der Waals surface area contributed by atoms with E-state index in [1.54, 1.807) is 30.3 Å². The molecule has 0 saturated carbocycles. The van der Waals surface area contributed by atoms with Gasteiger partial charge < -0.3 is 15.1 Å². The van der Waals surface area contributed by atoms with E-state index in [2.05, 4.69) is 9.84 Å². The molecule has 1 aliphatic heterocycles. The molecule has 1 saturated heterocycles. The first-order valence-electron chi connectivity index (χ1n) is 8.00. The van der Waals surface area contributed by atoms with E-state index in [1.807, 2.05) is 31.2 Å². The monoisotopic (exact) mass is 378 g/mol. The summed E-state index contributed by atoms with van der Waals surface area (Å²) in [5.41, 5.74) is -0.786. The summed E-state index contributed by atoms with van der Waals surface area (Å²) in [7, 11) is -4.83. The molecule has 138 valence electrons. The van der Waals surface area contributed by atoms with Gasteiger partial charge in [0.15, 0.2) is 5.54 Å². The topological polar surface area (TPSA) is 116 Å². The highest BCUT2D eigenvalue weighted by Crippen LogP contribution is 2.43. The van der Waals surface area contributed by atoms with Crippen LogP contribution in [0.3, 0.4) is 0 Å². The Bertz CT molecular complexity index is 818. The molecule has 1 aromatic carbocycles. The lowest BCUT2D eigenvalue weighted by Gasteiger charge is -2.37. The van der Waals surface area contributed by atoms with Crippen molar-refractivity contribution in [2.45, 2.75) is 12.5 Å². The molecule has 3 rings (SSSR count). The molecular formula is C17H19N2O6P. The maximum absolute atomic E-state index is 13.3. The van der Waals surface area contributed by atoms with Crippen LogP contribution < -0.4 is 5.32 Å². The van der Waals surface area contributed by atoms with Crippen LogP contribution in [-0.2, 0) is 19.4 Å². The van der Waals surface area contributed by atoms with Crippen LogP contribution in [0.5, 0.6) is 0 Å². The molecule has 1 aromatic rings. The molecule has 3 unspecified atom stereocenters. The van der Waals surface area contributed by atoms with E-state index >= 15 is 0 Å². The third kappa shape index (κ3) is 3.24. The molecule has 3 atom stereocenters. The zero-order valence-electron chi connectivity index (χ0n) is 14.0. The van der Waals surface area contributed by atoms with Gasteiger partial charge in [-0.15, -0.1) is 0 Å². The summed E-state index contributed by atoms with van der Waals surface area (Å²) in [4.78, 5) is 44.2. The van der Waals surface area contributed by atoms with Gasteiger partial charge in [0.2, 0.25) is 0 Å². The Morgan fingerprint density at radius 1 is 1.19 bits per heavy atom. The van der Waals surface area contributed by atoms with Crippen LogP contribution in [0.15, 0.2) is 54.6 Å². The molecule has 1 fully saturated rings. The molecule has 3 N–H and O–H groups in total. The van der Waals surface area contributed by atoms with Crippen LogP contribution in [0.2, 0.25) is 0 Å². The number of amides is 3. The Morgan fingerprint density at radius 2 is 1.85 bits per heavy atom. The number of allylic oxidation sites excluding steroid dienone is 3. The van der Waals surface area contributed by atoms with Crippen molar-refractivity contribution < 1.29 is 28.5 Å². The van der Waals surface area contributed by atoms with Crippen LogP contribution in [0.4, 0.5) is 4.79 Å². The molecule has 0 aromatic heterocycles. The Balaban J connectivity index is 2.04. The highest BCUT2D eigenvalue weighted by atomic mass is 31.2. The molecule has 1 heterocycles. The number of imide groups is 1. The largest absolute Gasteiger partial charge is 0.471 e. The summed E-state index contributed by atoms with van der Waals surface area (Å²) < 4.78 is 15.3. The second-order valence-corrected chi connectivity index (χ2v) is 7.48. The van der Waals surface area contributed by atoms with E-state index in [9.17, 15) is 14.2 Å². The molecule has 1 aliphatic carbocycles. The van der Waals surface area contributed by atoms with Gasteiger partial charge in [-0.2, -0.15) is 0 Å². The summed E-state index contributed by atoms with van der Waals surface area (Å²) in [5.74, 6) is -1.03. The van der Waals surface area contributed by atoms with Gasteiger partial charge in [-0.3, -0.25) is 9.32 Å².